The lowest BCUT2D eigenvalue weighted by molar-refractivity contribution is -0.137. The predicted octanol–water partition coefficient (Wildman–Crippen LogP) is 0.870. The summed E-state index contributed by atoms with van der Waals surface area (Å²) in [5.41, 5.74) is 0. The number of methoxy groups -OCH3 is 1. The van der Waals surface area contributed by atoms with Crippen molar-refractivity contribution in [2.75, 3.05) is 33.4 Å². The molecule has 0 atom stereocenters. The minimum absolute atomic E-state index is 0.0143. The molecule has 0 aromatic rings. The van der Waals surface area contributed by atoms with Crippen molar-refractivity contribution >= 4 is 12.0 Å². The summed E-state index contributed by atoms with van der Waals surface area (Å²) in [6.07, 6.45) is 0. The highest BCUT2D eigenvalue weighted by Crippen LogP contribution is 2.04. The smallest absolute Gasteiger partial charge is 0.323 e. The first kappa shape index (κ1) is 15.7. The zero-order chi connectivity index (χ0) is 13.4. The number of nitrogens with zero attached hydrogens (tertiary/aromatic N) is 2. The minimum Gasteiger partial charge on any atom is -0.480 e. The number of rotatable bonds is 7. The van der Waals surface area contributed by atoms with Crippen molar-refractivity contribution in [1.82, 2.24) is 9.80 Å². The van der Waals surface area contributed by atoms with Crippen LogP contribution in [0.4, 0.5) is 4.79 Å². The molecule has 0 heterocycles. The van der Waals surface area contributed by atoms with Crippen molar-refractivity contribution in [2.45, 2.75) is 26.8 Å². The number of carboxylic acid groups (broad SMARTS) is 1. The van der Waals surface area contributed by atoms with E-state index < -0.39 is 5.97 Å². The first-order chi connectivity index (χ1) is 7.93. The van der Waals surface area contributed by atoms with Gasteiger partial charge in [-0.15, -0.1) is 0 Å². The molecule has 0 bridgehead atoms. The van der Waals surface area contributed by atoms with Crippen LogP contribution >= 0.6 is 0 Å². The van der Waals surface area contributed by atoms with Crippen LogP contribution in [0.3, 0.4) is 0 Å². The van der Waals surface area contributed by atoms with E-state index in [-0.39, 0.29) is 18.6 Å². The fourth-order valence-electron chi connectivity index (χ4n) is 1.42. The van der Waals surface area contributed by atoms with Gasteiger partial charge in [-0.05, 0) is 20.8 Å². The standard InChI is InChI=1S/C11H22N2O4/c1-5-12(8-10(14)15)11(16)13(9(2)3)6-7-17-4/h9H,5-8H2,1-4H3,(H,14,15). The van der Waals surface area contributed by atoms with Gasteiger partial charge in [0.1, 0.15) is 6.54 Å². The number of carbonyl (C=O) groups excluding carboxylic acids is 1. The fourth-order valence-corrected chi connectivity index (χ4v) is 1.42. The highest BCUT2D eigenvalue weighted by atomic mass is 16.5. The van der Waals surface area contributed by atoms with E-state index in [0.717, 1.165) is 0 Å². The Balaban J connectivity index is 4.60. The molecule has 0 spiro atoms. The van der Waals surface area contributed by atoms with Crippen LogP contribution in [0.25, 0.3) is 0 Å². The maximum atomic E-state index is 12.1. The summed E-state index contributed by atoms with van der Waals surface area (Å²) in [7, 11) is 1.57. The molecule has 0 aliphatic heterocycles. The number of hydrogen-bond donors (Lipinski definition) is 1. The van der Waals surface area contributed by atoms with E-state index >= 15 is 0 Å². The first-order valence-corrected chi connectivity index (χ1v) is 5.70. The summed E-state index contributed by atoms with van der Waals surface area (Å²) >= 11 is 0. The molecule has 0 unspecified atom stereocenters. The second kappa shape index (κ2) is 7.89. The highest BCUT2D eigenvalue weighted by molar-refractivity contribution is 5.80. The number of ether oxygens (including phenoxy) is 1. The Labute approximate surface area is 102 Å². The third-order valence-electron chi connectivity index (χ3n) is 2.38. The molecular formula is C11H22N2O4. The van der Waals surface area contributed by atoms with Gasteiger partial charge in [0, 0.05) is 26.2 Å². The van der Waals surface area contributed by atoms with Crippen LogP contribution in [-0.2, 0) is 9.53 Å². The predicted molar refractivity (Wildman–Crippen MR) is 64.0 cm³/mol. The topological polar surface area (TPSA) is 70.1 Å². The Bertz CT molecular complexity index is 256. The van der Waals surface area contributed by atoms with Crippen LogP contribution < -0.4 is 0 Å². The van der Waals surface area contributed by atoms with Crippen LogP contribution in [-0.4, -0.2) is 66.3 Å². The van der Waals surface area contributed by atoms with E-state index in [1.807, 2.05) is 13.8 Å². The van der Waals surface area contributed by atoms with Crippen LogP contribution in [0.1, 0.15) is 20.8 Å². The lowest BCUT2D eigenvalue weighted by Crippen LogP contribution is -2.49. The Morgan fingerprint density at radius 3 is 2.29 bits per heavy atom. The number of carboxylic acids is 1. The Morgan fingerprint density at radius 1 is 1.35 bits per heavy atom. The number of aliphatic carboxylic acids is 1. The van der Waals surface area contributed by atoms with Gasteiger partial charge in [0.05, 0.1) is 6.61 Å². The monoisotopic (exact) mass is 246 g/mol. The summed E-state index contributed by atoms with van der Waals surface area (Å²) in [4.78, 5) is 25.6. The number of amides is 2. The van der Waals surface area contributed by atoms with Crippen molar-refractivity contribution in [3.8, 4) is 0 Å². The Morgan fingerprint density at radius 2 is 1.94 bits per heavy atom. The third kappa shape index (κ3) is 5.53. The molecule has 1 N–H and O–H groups in total. The van der Waals surface area contributed by atoms with Gasteiger partial charge in [0.15, 0.2) is 0 Å². The Hall–Kier alpha value is -1.30. The first-order valence-electron chi connectivity index (χ1n) is 5.70. The maximum absolute atomic E-state index is 12.1. The van der Waals surface area contributed by atoms with Crippen LogP contribution in [0.5, 0.6) is 0 Å². The second-order valence-corrected chi connectivity index (χ2v) is 3.97. The molecule has 0 aliphatic carbocycles. The molecule has 0 rings (SSSR count). The van der Waals surface area contributed by atoms with Crippen molar-refractivity contribution < 1.29 is 19.4 Å². The molecule has 0 saturated carbocycles. The van der Waals surface area contributed by atoms with Crippen molar-refractivity contribution in [3.63, 3.8) is 0 Å². The van der Waals surface area contributed by atoms with E-state index in [2.05, 4.69) is 0 Å². The van der Waals surface area contributed by atoms with E-state index in [4.69, 9.17) is 9.84 Å². The molecule has 0 aliphatic rings. The highest BCUT2D eigenvalue weighted by Gasteiger charge is 2.23. The van der Waals surface area contributed by atoms with Crippen LogP contribution in [0.2, 0.25) is 0 Å². The summed E-state index contributed by atoms with van der Waals surface area (Å²) in [6, 6.07) is -0.248. The average Bonchev–Trinajstić information content (AvgIpc) is 2.25. The van der Waals surface area contributed by atoms with E-state index in [1.165, 1.54) is 4.90 Å². The summed E-state index contributed by atoms with van der Waals surface area (Å²) in [6.45, 7) is 6.55. The molecule has 0 saturated heterocycles. The van der Waals surface area contributed by atoms with Crippen molar-refractivity contribution in [2.24, 2.45) is 0 Å². The molecular weight excluding hydrogens is 224 g/mol. The van der Waals surface area contributed by atoms with E-state index in [1.54, 1.807) is 18.9 Å². The molecule has 6 nitrogen and oxygen atoms in total. The van der Waals surface area contributed by atoms with Crippen molar-refractivity contribution in [1.29, 1.82) is 0 Å². The van der Waals surface area contributed by atoms with Crippen LogP contribution in [0.15, 0.2) is 0 Å². The minimum atomic E-state index is -1.00. The zero-order valence-corrected chi connectivity index (χ0v) is 11.0. The molecule has 6 heteroatoms. The lowest BCUT2D eigenvalue weighted by Gasteiger charge is -2.31. The molecule has 0 aromatic heterocycles. The number of carbonyl (C=O) groups is 2. The van der Waals surface area contributed by atoms with Gasteiger partial charge in [-0.2, -0.15) is 0 Å². The number of likely N-dealkylation sites (N-methyl/N-ethyl adjacent to an activating group) is 1. The largest absolute Gasteiger partial charge is 0.480 e. The molecule has 0 aromatic carbocycles. The molecule has 0 fully saturated rings. The summed E-state index contributed by atoms with van der Waals surface area (Å²) in [5.74, 6) is -1.00. The summed E-state index contributed by atoms with van der Waals surface area (Å²) < 4.78 is 4.94. The molecule has 2 amide bonds. The normalized spacial score (nSPS) is 10.4. The van der Waals surface area contributed by atoms with E-state index in [0.29, 0.717) is 19.7 Å². The number of hydrogen-bond acceptors (Lipinski definition) is 3. The van der Waals surface area contributed by atoms with Gasteiger partial charge >= 0.3 is 12.0 Å². The average molecular weight is 246 g/mol. The fraction of sp³-hybridized carbons (Fsp3) is 0.818. The van der Waals surface area contributed by atoms with Gasteiger partial charge in [-0.25, -0.2) is 4.79 Å². The zero-order valence-electron chi connectivity index (χ0n) is 11.0. The van der Waals surface area contributed by atoms with Crippen molar-refractivity contribution in [3.05, 3.63) is 0 Å². The molecule has 0 radical (unpaired) electrons. The van der Waals surface area contributed by atoms with Gasteiger partial charge in [-0.1, -0.05) is 0 Å². The van der Waals surface area contributed by atoms with E-state index in [9.17, 15) is 9.59 Å². The SMILES string of the molecule is CCN(CC(=O)O)C(=O)N(CCOC)C(C)C. The maximum Gasteiger partial charge on any atom is 0.323 e. The quantitative estimate of drug-likeness (QED) is 0.723. The number of urea groups is 1. The van der Waals surface area contributed by atoms with Gasteiger partial charge in [0.25, 0.3) is 0 Å². The second-order valence-electron chi connectivity index (χ2n) is 3.97. The molecule has 100 valence electrons. The third-order valence-corrected chi connectivity index (χ3v) is 2.38. The lowest BCUT2D eigenvalue weighted by atomic mass is 10.3. The van der Waals surface area contributed by atoms with Gasteiger partial charge in [-0.3, -0.25) is 4.79 Å². The van der Waals surface area contributed by atoms with Gasteiger partial charge in [0.2, 0.25) is 0 Å². The summed E-state index contributed by atoms with van der Waals surface area (Å²) in [5, 5.41) is 8.72. The Kier molecular flexibility index (Phi) is 7.29. The van der Waals surface area contributed by atoms with Crippen LogP contribution in [0, 0.1) is 0 Å². The molecule has 17 heavy (non-hydrogen) atoms. The van der Waals surface area contributed by atoms with Gasteiger partial charge < -0.3 is 19.6 Å².